The number of aryl methyl sites for hydroxylation is 1. The first-order valence-electron chi connectivity index (χ1n) is 7.25. The summed E-state index contributed by atoms with van der Waals surface area (Å²) in [6, 6.07) is 9.06. The average molecular weight is 371 g/mol. The Hall–Kier alpha value is -1.82. The van der Waals surface area contributed by atoms with Crippen LogP contribution in [0.5, 0.6) is 5.75 Å². The van der Waals surface area contributed by atoms with Gasteiger partial charge in [0.2, 0.25) is 0 Å². The van der Waals surface area contributed by atoms with Crippen molar-refractivity contribution in [2.75, 3.05) is 6.54 Å². The smallest absolute Gasteiger partial charge is 0.304 e. The number of hydrogen-bond donors (Lipinski definition) is 2. The van der Waals surface area contributed by atoms with E-state index in [1.165, 1.54) is 0 Å². The molecule has 0 amide bonds. The maximum atomic E-state index is 10.9. The van der Waals surface area contributed by atoms with Gasteiger partial charge in [0.25, 0.3) is 0 Å². The van der Waals surface area contributed by atoms with E-state index in [1.807, 2.05) is 19.1 Å². The third-order valence-corrected chi connectivity index (χ3v) is 3.80. The average Bonchev–Trinajstić information content (AvgIpc) is 2.52. The van der Waals surface area contributed by atoms with Gasteiger partial charge >= 0.3 is 5.97 Å². The summed E-state index contributed by atoms with van der Waals surface area (Å²) in [4.78, 5) is 15.1. The number of carboxylic acid groups (broad SMARTS) is 1. The molecule has 0 aliphatic rings. The lowest BCUT2D eigenvalue weighted by Crippen LogP contribution is -2.16. The van der Waals surface area contributed by atoms with Crippen LogP contribution in [0.1, 0.15) is 29.2 Å². The Kier molecular flexibility index (Phi) is 7.98. The molecular formula is C17H20Cl2N2O3. The van der Waals surface area contributed by atoms with Crippen LogP contribution < -0.4 is 10.5 Å². The van der Waals surface area contributed by atoms with Crippen molar-refractivity contribution in [3.05, 3.63) is 58.4 Å². The largest absolute Gasteiger partial charge is 0.487 e. The Morgan fingerprint density at radius 2 is 2.12 bits per heavy atom. The molecule has 0 bridgehead atoms. The highest BCUT2D eigenvalue weighted by molar-refractivity contribution is 6.32. The number of nitrogens with zero attached hydrogens (tertiary/aromatic N) is 1. The third-order valence-electron chi connectivity index (χ3n) is 3.49. The minimum atomic E-state index is -0.884. The first kappa shape index (κ1) is 20.2. The first-order chi connectivity index (χ1) is 11.0. The number of rotatable bonds is 7. The van der Waals surface area contributed by atoms with Crippen molar-refractivity contribution in [1.29, 1.82) is 0 Å². The highest BCUT2D eigenvalue weighted by Crippen LogP contribution is 2.30. The van der Waals surface area contributed by atoms with Crippen LogP contribution in [0.4, 0.5) is 0 Å². The number of benzene rings is 1. The predicted molar refractivity (Wildman–Crippen MR) is 96.1 cm³/mol. The molecule has 0 saturated carbocycles. The van der Waals surface area contributed by atoms with Gasteiger partial charge in [0, 0.05) is 17.8 Å². The summed E-state index contributed by atoms with van der Waals surface area (Å²) < 4.78 is 5.77. The number of nitrogens with two attached hydrogens (primary N) is 1. The first-order valence-corrected chi connectivity index (χ1v) is 7.63. The fourth-order valence-corrected chi connectivity index (χ4v) is 2.46. The standard InChI is InChI=1S/C17H19ClN2O3.ClH/c1-11-6-12(4-5-20-11)10-23-16-7-13(2-3-15(16)18)14(9-19)8-17(21)22;/h2-7,14H,8-10,19H2,1H3,(H,21,22);1H/t14-;/m0./s1. The van der Waals surface area contributed by atoms with Gasteiger partial charge < -0.3 is 15.6 Å². The van der Waals surface area contributed by atoms with Gasteiger partial charge in [-0.25, -0.2) is 0 Å². The Balaban J connectivity index is 0.00000288. The normalized spacial score (nSPS) is 11.5. The SMILES string of the molecule is Cc1cc(COc2cc([C@H](CN)CC(=O)O)ccc2Cl)ccn1.Cl. The third kappa shape index (κ3) is 5.67. The summed E-state index contributed by atoms with van der Waals surface area (Å²) in [5.74, 6) is -0.636. The van der Waals surface area contributed by atoms with E-state index in [4.69, 9.17) is 27.2 Å². The van der Waals surface area contributed by atoms with Crippen molar-refractivity contribution < 1.29 is 14.6 Å². The van der Waals surface area contributed by atoms with E-state index in [0.717, 1.165) is 16.8 Å². The molecule has 0 unspecified atom stereocenters. The minimum absolute atomic E-state index is 0. The lowest BCUT2D eigenvalue weighted by molar-refractivity contribution is -0.137. The van der Waals surface area contributed by atoms with Crippen LogP contribution in [0.25, 0.3) is 0 Å². The molecule has 24 heavy (non-hydrogen) atoms. The molecule has 7 heteroatoms. The summed E-state index contributed by atoms with van der Waals surface area (Å²) in [5, 5.41) is 9.44. The predicted octanol–water partition coefficient (Wildman–Crippen LogP) is 3.56. The molecule has 0 spiro atoms. The van der Waals surface area contributed by atoms with Gasteiger partial charge in [0.15, 0.2) is 0 Å². The van der Waals surface area contributed by atoms with Crippen LogP contribution in [-0.4, -0.2) is 22.6 Å². The second-order valence-corrected chi connectivity index (χ2v) is 5.72. The Morgan fingerprint density at radius 3 is 2.75 bits per heavy atom. The highest BCUT2D eigenvalue weighted by Gasteiger charge is 2.16. The van der Waals surface area contributed by atoms with E-state index in [0.29, 0.717) is 17.4 Å². The summed E-state index contributed by atoms with van der Waals surface area (Å²) in [7, 11) is 0. The zero-order valence-corrected chi connectivity index (χ0v) is 14.8. The number of carbonyl (C=O) groups is 1. The molecule has 130 valence electrons. The summed E-state index contributed by atoms with van der Waals surface area (Å²) in [6.45, 7) is 2.52. The van der Waals surface area contributed by atoms with E-state index in [9.17, 15) is 4.79 Å². The van der Waals surface area contributed by atoms with Crippen LogP contribution in [0.3, 0.4) is 0 Å². The Morgan fingerprint density at radius 1 is 1.38 bits per heavy atom. The van der Waals surface area contributed by atoms with Gasteiger partial charge in [0.1, 0.15) is 12.4 Å². The van der Waals surface area contributed by atoms with E-state index < -0.39 is 5.97 Å². The molecular weight excluding hydrogens is 351 g/mol. The Labute approximate surface area is 152 Å². The number of halogens is 2. The van der Waals surface area contributed by atoms with Crippen molar-refractivity contribution in [3.8, 4) is 5.75 Å². The molecule has 2 aromatic rings. The maximum Gasteiger partial charge on any atom is 0.304 e. The summed E-state index contributed by atoms with van der Waals surface area (Å²) >= 11 is 6.16. The van der Waals surface area contributed by atoms with Crippen LogP contribution in [0.15, 0.2) is 36.5 Å². The van der Waals surface area contributed by atoms with Crippen molar-refractivity contribution in [3.63, 3.8) is 0 Å². The monoisotopic (exact) mass is 370 g/mol. The molecule has 1 heterocycles. The zero-order valence-electron chi connectivity index (χ0n) is 13.2. The molecule has 0 fully saturated rings. The number of aromatic nitrogens is 1. The maximum absolute atomic E-state index is 10.9. The van der Waals surface area contributed by atoms with Gasteiger partial charge in [-0.05, 0) is 48.9 Å². The molecule has 3 N–H and O–H groups in total. The van der Waals surface area contributed by atoms with Crippen molar-refractivity contribution >= 4 is 30.0 Å². The van der Waals surface area contributed by atoms with Crippen LogP contribution >= 0.6 is 24.0 Å². The van der Waals surface area contributed by atoms with Crippen LogP contribution in [0, 0.1) is 6.92 Å². The van der Waals surface area contributed by atoms with Gasteiger partial charge in [-0.2, -0.15) is 0 Å². The van der Waals surface area contributed by atoms with Gasteiger partial charge in [-0.3, -0.25) is 9.78 Å². The number of ether oxygens (including phenoxy) is 1. The van der Waals surface area contributed by atoms with E-state index >= 15 is 0 Å². The second kappa shape index (κ2) is 9.47. The fourth-order valence-electron chi connectivity index (χ4n) is 2.29. The van der Waals surface area contributed by atoms with Crippen LogP contribution in [-0.2, 0) is 11.4 Å². The Bertz CT molecular complexity index is 695. The molecule has 5 nitrogen and oxygen atoms in total. The quantitative estimate of drug-likeness (QED) is 0.777. The molecule has 1 atom stereocenters. The lowest BCUT2D eigenvalue weighted by Gasteiger charge is -2.15. The van der Waals surface area contributed by atoms with Crippen molar-refractivity contribution in [2.45, 2.75) is 25.9 Å². The molecule has 0 aliphatic carbocycles. The van der Waals surface area contributed by atoms with Gasteiger partial charge in [0.05, 0.1) is 11.4 Å². The number of pyridine rings is 1. The molecule has 0 aliphatic heterocycles. The molecule has 1 aromatic heterocycles. The topological polar surface area (TPSA) is 85.4 Å². The van der Waals surface area contributed by atoms with E-state index in [1.54, 1.807) is 24.4 Å². The minimum Gasteiger partial charge on any atom is -0.487 e. The zero-order chi connectivity index (χ0) is 16.8. The van der Waals surface area contributed by atoms with Gasteiger partial charge in [-0.1, -0.05) is 17.7 Å². The molecule has 0 saturated heterocycles. The lowest BCUT2D eigenvalue weighted by atomic mass is 9.96. The second-order valence-electron chi connectivity index (χ2n) is 5.31. The number of hydrogen-bond acceptors (Lipinski definition) is 4. The summed E-state index contributed by atoms with van der Waals surface area (Å²) in [5.41, 5.74) is 8.38. The molecule has 1 aromatic carbocycles. The fraction of sp³-hybridized carbons (Fsp3) is 0.294. The highest BCUT2D eigenvalue weighted by atomic mass is 35.5. The van der Waals surface area contributed by atoms with E-state index in [2.05, 4.69) is 4.98 Å². The van der Waals surface area contributed by atoms with Gasteiger partial charge in [-0.15, -0.1) is 12.4 Å². The van der Waals surface area contributed by atoms with Crippen molar-refractivity contribution in [2.24, 2.45) is 5.73 Å². The summed E-state index contributed by atoms with van der Waals surface area (Å²) in [6.07, 6.45) is 1.70. The van der Waals surface area contributed by atoms with Crippen molar-refractivity contribution in [1.82, 2.24) is 4.98 Å². The number of carboxylic acids is 1. The van der Waals surface area contributed by atoms with Crippen LogP contribution in [0.2, 0.25) is 5.02 Å². The van der Waals surface area contributed by atoms with E-state index in [-0.39, 0.29) is 31.3 Å². The molecule has 2 rings (SSSR count). The molecule has 0 radical (unpaired) electrons. The number of aliphatic carboxylic acids is 1.